The molecule has 2 aliphatic rings. The van der Waals surface area contributed by atoms with E-state index in [-0.39, 0.29) is 18.6 Å². The Morgan fingerprint density at radius 2 is 1.76 bits per heavy atom. The highest BCUT2D eigenvalue weighted by molar-refractivity contribution is 6.76. The van der Waals surface area contributed by atoms with Crippen LogP contribution in [0, 0.1) is 23.2 Å². The number of ether oxygens (including phenoxy) is 3. The Hall–Kier alpha value is -2.85. The molecule has 0 aromatic heterocycles. The van der Waals surface area contributed by atoms with Crippen molar-refractivity contribution in [2.24, 2.45) is 17.8 Å². The van der Waals surface area contributed by atoms with Gasteiger partial charge in [-0.15, -0.1) is 0 Å². The molecular weight excluding hydrogens is 536 g/mol. The van der Waals surface area contributed by atoms with E-state index in [0.717, 1.165) is 48.6 Å². The van der Waals surface area contributed by atoms with Crippen molar-refractivity contribution in [2.75, 3.05) is 25.8 Å². The Kier molecular flexibility index (Phi) is 11.1. The van der Waals surface area contributed by atoms with Crippen LogP contribution in [-0.4, -0.2) is 58.4 Å². The van der Waals surface area contributed by atoms with Gasteiger partial charge in [-0.25, -0.2) is 4.79 Å². The van der Waals surface area contributed by atoms with Gasteiger partial charge in [0.15, 0.2) is 6.79 Å². The molecule has 10 heteroatoms. The first kappa shape index (κ1) is 32.7. The molecule has 0 saturated heterocycles. The van der Waals surface area contributed by atoms with E-state index in [4.69, 9.17) is 19.6 Å². The van der Waals surface area contributed by atoms with Gasteiger partial charge in [0, 0.05) is 51.0 Å². The van der Waals surface area contributed by atoms with Crippen LogP contribution in [0.15, 0.2) is 23.8 Å². The Morgan fingerprint density at radius 1 is 1.12 bits per heavy atom. The van der Waals surface area contributed by atoms with E-state index < -0.39 is 25.8 Å². The van der Waals surface area contributed by atoms with Gasteiger partial charge in [0.25, 0.3) is 0 Å². The molecule has 0 radical (unpaired) electrons. The lowest BCUT2D eigenvalue weighted by Crippen LogP contribution is -2.51. The average Bonchev–Trinajstić information content (AvgIpc) is 3.78. The summed E-state index contributed by atoms with van der Waals surface area (Å²) in [7, 11) is 0.570. The summed E-state index contributed by atoms with van der Waals surface area (Å²) in [6, 6.07) is 5.79. The van der Waals surface area contributed by atoms with Crippen molar-refractivity contribution >= 4 is 37.7 Å². The number of alkyl carbamates (subject to hydrolysis) is 1. The van der Waals surface area contributed by atoms with Crippen LogP contribution in [0.1, 0.15) is 58.9 Å². The molecule has 4 N–H and O–H groups in total. The number of carbonyl (C=O) groups is 2. The molecule has 2 amide bonds. The van der Waals surface area contributed by atoms with E-state index in [1.807, 2.05) is 39.8 Å². The number of allylic oxidation sites excluding steroid dienone is 1. The number of nitrogens with one attached hydrogen (secondary N) is 4. The normalized spacial score (nSPS) is 16.9. The van der Waals surface area contributed by atoms with Crippen molar-refractivity contribution < 1.29 is 23.8 Å². The van der Waals surface area contributed by atoms with E-state index >= 15 is 0 Å². The third kappa shape index (κ3) is 10.5. The molecule has 0 unspecified atom stereocenters. The first-order valence-corrected chi connectivity index (χ1v) is 18.5. The molecule has 2 aliphatic carbocycles. The molecule has 1 aromatic carbocycles. The Morgan fingerprint density at radius 3 is 2.27 bits per heavy atom. The summed E-state index contributed by atoms with van der Waals surface area (Å²) in [5, 5.41) is 16.9. The lowest BCUT2D eigenvalue weighted by atomic mass is 9.88. The van der Waals surface area contributed by atoms with Crippen molar-refractivity contribution in [1.29, 1.82) is 5.41 Å². The zero-order valence-corrected chi connectivity index (χ0v) is 27.1. The maximum Gasteiger partial charge on any atom is 0.408 e. The molecule has 41 heavy (non-hydrogen) atoms. The summed E-state index contributed by atoms with van der Waals surface area (Å²) in [6.07, 6.45) is 5.03. The monoisotopic (exact) mass is 586 g/mol. The second-order valence-corrected chi connectivity index (χ2v) is 19.1. The Balaban J connectivity index is 1.83. The average molecular weight is 587 g/mol. The highest BCUT2D eigenvalue weighted by Crippen LogP contribution is 2.51. The summed E-state index contributed by atoms with van der Waals surface area (Å²) in [6.45, 7) is 14.9. The van der Waals surface area contributed by atoms with E-state index in [1.165, 1.54) is 6.21 Å². The van der Waals surface area contributed by atoms with Crippen molar-refractivity contribution in [3.05, 3.63) is 29.3 Å². The zero-order chi connectivity index (χ0) is 30.4. The number of rotatable bonds is 15. The van der Waals surface area contributed by atoms with Gasteiger partial charge < -0.3 is 35.6 Å². The predicted molar refractivity (Wildman–Crippen MR) is 167 cm³/mol. The van der Waals surface area contributed by atoms with Gasteiger partial charge in [-0.05, 0) is 94.9 Å². The molecule has 1 atom stereocenters. The molecule has 0 spiro atoms. The quantitative estimate of drug-likeness (QED) is 0.0835. The minimum atomic E-state index is -1.23. The largest absolute Gasteiger partial charge is 0.467 e. The van der Waals surface area contributed by atoms with Crippen LogP contribution in [-0.2, 0) is 14.3 Å². The third-order valence-electron chi connectivity index (χ3n) is 7.35. The smallest absolute Gasteiger partial charge is 0.408 e. The van der Waals surface area contributed by atoms with Gasteiger partial charge in [-0.1, -0.05) is 19.6 Å². The van der Waals surface area contributed by atoms with Gasteiger partial charge in [0.05, 0.1) is 0 Å². The van der Waals surface area contributed by atoms with Crippen LogP contribution in [0.3, 0.4) is 0 Å². The number of benzene rings is 1. The van der Waals surface area contributed by atoms with Crippen molar-refractivity contribution in [3.8, 4) is 5.75 Å². The second kappa shape index (κ2) is 13.9. The van der Waals surface area contributed by atoms with Gasteiger partial charge in [-0.2, -0.15) is 0 Å². The van der Waals surface area contributed by atoms with E-state index in [9.17, 15) is 9.59 Å². The van der Waals surface area contributed by atoms with Crippen LogP contribution in [0.2, 0.25) is 25.7 Å². The topological polar surface area (TPSA) is 122 Å². The highest BCUT2D eigenvalue weighted by atomic mass is 28.3. The first-order chi connectivity index (χ1) is 19.2. The Bertz CT molecular complexity index is 1100. The number of hydrogen-bond acceptors (Lipinski definition) is 7. The van der Waals surface area contributed by atoms with Crippen LogP contribution >= 0.6 is 0 Å². The van der Waals surface area contributed by atoms with E-state index in [1.54, 1.807) is 13.1 Å². The molecular formula is C31H50N4O5Si. The molecule has 1 aromatic rings. The third-order valence-corrected chi connectivity index (χ3v) is 9.05. The van der Waals surface area contributed by atoms with Crippen molar-refractivity contribution in [2.45, 2.75) is 90.7 Å². The maximum absolute atomic E-state index is 13.8. The molecule has 3 rings (SSSR count). The summed E-state index contributed by atoms with van der Waals surface area (Å²) in [5.41, 5.74) is 2.15. The fourth-order valence-corrected chi connectivity index (χ4v) is 5.72. The van der Waals surface area contributed by atoms with Crippen LogP contribution in [0.4, 0.5) is 10.5 Å². The summed E-state index contributed by atoms with van der Waals surface area (Å²) < 4.78 is 17.4. The Labute approximate surface area is 246 Å². The van der Waals surface area contributed by atoms with Gasteiger partial charge in [0.1, 0.15) is 17.4 Å². The molecule has 2 fully saturated rings. The highest BCUT2D eigenvalue weighted by Gasteiger charge is 2.48. The minimum absolute atomic E-state index is 0.0732. The van der Waals surface area contributed by atoms with Crippen molar-refractivity contribution in [3.63, 3.8) is 0 Å². The van der Waals surface area contributed by atoms with Crippen LogP contribution in [0.5, 0.6) is 5.75 Å². The van der Waals surface area contributed by atoms with Gasteiger partial charge >= 0.3 is 6.09 Å². The number of carbonyl (C=O) groups excluding carboxylic acids is 2. The minimum Gasteiger partial charge on any atom is -0.467 e. The predicted octanol–water partition coefficient (Wildman–Crippen LogP) is 6.25. The summed E-state index contributed by atoms with van der Waals surface area (Å²) in [5.74, 6) is 1.24. The van der Waals surface area contributed by atoms with E-state index in [2.05, 4.69) is 35.6 Å². The molecule has 0 heterocycles. The standard InChI is InChI=1S/C31H50N4O5Si/c1-20(18-32)27(33-5)24-14-13-23(17-25(24)39-19-38-15-16-41(6,7)8)34-29(36)28(35-30(37)40-31(2,3)4)26(21-9-10-21)22-11-12-22/h13-14,17-18,21-22,26,28,32-33H,9-12,15-16,19H2,1-8H3,(H,34,36)(H,35,37)/b27-20-,32-18?/t28-/m0/s1. The number of hydrogen-bond donors (Lipinski definition) is 4. The first-order valence-electron chi connectivity index (χ1n) is 14.8. The molecule has 0 bridgehead atoms. The molecule has 2 saturated carbocycles. The number of amides is 2. The molecule has 228 valence electrons. The lowest BCUT2D eigenvalue weighted by molar-refractivity contribution is -0.120. The number of anilines is 1. The van der Waals surface area contributed by atoms with Gasteiger partial charge in [0.2, 0.25) is 5.91 Å². The fourth-order valence-electron chi connectivity index (χ4n) is 4.97. The molecule has 0 aliphatic heterocycles. The van der Waals surface area contributed by atoms with Gasteiger partial charge in [-0.3, -0.25) is 4.79 Å². The van der Waals surface area contributed by atoms with Crippen LogP contribution < -0.4 is 20.7 Å². The maximum atomic E-state index is 13.8. The van der Waals surface area contributed by atoms with Crippen molar-refractivity contribution in [1.82, 2.24) is 10.6 Å². The zero-order valence-electron chi connectivity index (χ0n) is 26.1. The molecule has 9 nitrogen and oxygen atoms in total. The lowest BCUT2D eigenvalue weighted by Gasteiger charge is -2.29. The summed E-state index contributed by atoms with van der Waals surface area (Å²) >= 11 is 0. The second-order valence-electron chi connectivity index (χ2n) is 13.5. The fraction of sp³-hybridized carbons (Fsp3) is 0.645. The van der Waals surface area contributed by atoms with Crippen LogP contribution in [0.25, 0.3) is 5.70 Å². The van der Waals surface area contributed by atoms with E-state index in [0.29, 0.717) is 29.9 Å². The SMILES string of the molecule is CN/C(=C(/C)C=N)c1ccc(NC(=O)[C@@H](NC(=O)OC(C)(C)C)C(C2CC2)C2CC2)cc1OCOCC[Si](C)(C)C. The summed E-state index contributed by atoms with van der Waals surface area (Å²) in [4.78, 5) is 26.5.